The van der Waals surface area contributed by atoms with E-state index in [1.165, 1.54) is 16.7 Å². The lowest BCUT2D eigenvalue weighted by atomic mass is 10.0. The number of rotatable bonds is 9. The van der Waals surface area contributed by atoms with E-state index < -0.39 is 0 Å². The fraction of sp³-hybridized carbons (Fsp3) is 0.323. The second-order valence-electron chi connectivity index (χ2n) is 10.6. The molecule has 1 amide bonds. The van der Waals surface area contributed by atoms with Gasteiger partial charge >= 0.3 is 0 Å². The van der Waals surface area contributed by atoms with Gasteiger partial charge in [0.15, 0.2) is 0 Å². The molecule has 1 aliphatic carbocycles. The Bertz CT molecular complexity index is 1410. The number of carbonyl (C=O) groups is 1. The molecule has 2 aromatic carbocycles. The molecule has 1 fully saturated rings. The first-order valence-corrected chi connectivity index (χ1v) is 13.4. The highest BCUT2D eigenvalue weighted by Gasteiger charge is 2.30. The zero-order chi connectivity index (χ0) is 27.4. The van der Waals surface area contributed by atoms with Gasteiger partial charge in [0.05, 0.1) is 30.5 Å². The standard InChI is InChI=1S/C31H36N6O2/c1-36(2)18-21-7-11-23(12-8-21)24-13-9-22(10-14-24)20-39-29-6-4-5-28(29)35-31(38)27-15-25(16-33-30(27)32)26-17-34-37(3)19-26/h7-17,19,28-29H,4-6,18,20H2,1-3H3,(H2,32,33)(H,35,38)/t28-,29-/m0/s1. The zero-order valence-electron chi connectivity index (χ0n) is 22.8. The summed E-state index contributed by atoms with van der Waals surface area (Å²) < 4.78 is 8.00. The molecule has 0 unspecified atom stereocenters. The van der Waals surface area contributed by atoms with E-state index >= 15 is 0 Å². The number of ether oxygens (including phenoxy) is 1. The van der Waals surface area contributed by atoms with Crippen LogP contribution in [0.1, 0.15) is 40.7 Å². The number of aromatic nitrogens is 3. The van der Waals surface area contributed by atoms with E-state index in [0.29, 0.717) is 12.2 Å². The van der Waals surface area contributed by atoms with Crippen LogP contribution >= 0.6 is 0 Å². The largest absolute Gasteiger partial charge is 0.383 e. The van der Waals surface area contributed by atoms with Crippen LogP contribution in [0.5, 0.6) is 0 Å². The molecule has 0 radical (unpaired) electrons. The quantitative estimate of drug-likeness (QED) is 0.331. The monoisotopic (exact) mass is 524 g/mol. The van der Waals surface area contributed by atoms with Crippen LogP contribution in [0.15, 0.2) is 73.2 Å². The number of hydrogen-bond donors (Lipinski definition) is 2. The number of pyridine rings is 1. The number of amides is 1. The van der Waals surface area contributed by atoms with Crippen molar-refractivity contribution in [2.75, 3.05) is 19.8 Å². The predicted octanol–water partition coefficient (Wildman–Crippen LogP) is 4.66. The Balaban J connectivity index is 1.18. The first kappa shape index (κ1) is 26.6. The van der Waals surface area contributed by atoms with Gasteiger partial charge in [-0.2, -0.15) is 5.10 Å². The average molecular weight is 525 g/mol. The van der Waals surface area contributed by atoms with Gasteiger partial charge in [-0.1, -0.05) is 48.5 Å². The summed E-state index contributed by atoms with van der Waals surface area (Å²) in [4.78, 5) is 19.6. The van der Waals surface area contributed by atoms with E-state index in [1.54, 1.807) is 23.1 Å². The van der Waals surface area contributed by atoms with Gasteiger partial charge in [0.1, 0.15) is 5.82 Å². The van der Waals surface area contributed by atoms with Gasteiger partial charge in [0.2, 0.25) is 0 Å². The van der Waals surface area contributed by atoms with Crippen LogP contribution in [0, 0.1) is 0 Å². The van der Waals surface area contributed by atoms with Crippen LogP contribution in [-0.2, 0) is 24.9 Å². The summed E-state index contributed by atoms with van der Waals surface area (Å²) in [5.41, 5.74) is 12.9. The van der Waals surface area contributed by atoms with Gasteiger partial charge in [-0.05, 0) is 61.7 Å². The van der Waals surface area contributed by atoms with Crippen LogP contribution in [0.25, 0.3) is 22.3 Å². The maximum atomic E-state index is 13.2. The Kier molecular flexibility index (Phi) is 8.05. The van der Waals surface area contributed by atoms with Crippen LogP contribution in [0.3, 0.4) is 0 Å². The lowest BCUT2D eigenvalue weighted by molar-refractivity contribution is 0.0272. The minimum absolute atomic E-state index is 0.0476. The SMILES string of the molecule is CN(C)Cc1ccc(-c2ccc(CO[C@H]3CCC[C@@H]3NC(=O)c3cc(-c4cnn(C)c4)cnc3N)cc2)cc1. The van der Waals surface area contributed by atoms with Crippen LogP contribution in [-0.4, -0.2) is 51.8 Å². The number of nitrogen functional groups attached to an aromatic ring is 1. The molecule has 2 aromatic heterocycles. The summed E-state index contributed by atoms with van der Waals surface area (Å²) in [7, 11) is 6.00. The Morgan fingerprint density at radius 2 is 1.69 bits per heavy atom. The number of nitrogens with two attached hydrogens (primary N) is 1. The molecule has 2 atom stereocenters. The van der Waals surface area contributed by atoms with E-state index in [-0.39, 0.29) is 23.9 Å². The topological polar surface area (TPSA) is 98.3 Å². The molecule has 5 rings (SSSR count). The molecule has 1 saturated carbocycles. The summed E-state index contributed by atoms with van der Waals surface area (Å²) in [6.07, 6.45) is 8.01. The first-order chi connectivity index (χ1) is 18.9. The Morgan fingerprint density at radius 1 is 1.00 bits per heavy atom. The van der Waals surface area contributed by atoms with Crippen molar-refractivity contribution in [2.45, 2.75) is 44.6 Å². The highest BCUT2D eigenvalue weighted by Crippen LogP contribution is 2.26. The molecular formula is C31H36N6O2. The molecule has 2 heterocycles. The highest BCUT2D eigenvalue weighted by atomic mass is 16.5. The van der Waals surface area contributed by atoms with Crippen molar-refractivity contribution in [1.82, 2.24) is 25.0 Å². The number of hydrogen-bond acceptors (Lipinski definition) is 6. The maximum absolute atomic E-state index is 13.2. The molecular weight excluding hydrogens is 488 g/mol. The molecule has 0 spiro atoms. The van der Waals surface area contributed by atoms with E-state index in [2.05, 4.69) is 82.9 Å². The summed E-state index contributed by atoms with van der Waals surface area (Å²) >= 11 is 0. The van der Waals surface area contributed by atoms with Crippen molar-refractivity contribution in [3.05, 3.63) is 89.9 Å². The summed E-state index contributed by atoms with van der Waals surface area (Å²) in [5, 5.41) is 7.34. The van der Waals surface area contributed by atoms with Gasteiger partial charge in [-0.3, -0.25) is 9.48 Å². The van der Waals surface area contributed by atoms with Crippen LogP contribution in [0.4, 0.5) is 5.82 Å². The van der Waals surface area contributed by atoms with Crippen molar-refractivity contribution in [3.63, 3.8) is 0 Å². The summed E-state index contributed by atoms with van der Waals surface area (Å²) in [6.45, 7) is 1.43. The predicted molar refractivity (Wildman–Crippen MR) is 154 cm³/mol. The molecule has 3 N–H and O–H groups in total. The Hall–Kier alpha value is -4.01. The van der Waals surface area contributed by atoms with Crippen molar-refractivity contribution < 1.29 is 9.53 Å². The van der Waals surface area contributed by atoms with E-state index in [0.717, 1.165) is 42.5 Å². The molecule has 8 nitrogen and oxygen atoms in total. The average Bonchev–Trinajstić information content (AvgIpc) is 3.56. The maximum Gasteiger partial charge on any atom is 0.255 e. The minimum atomic E-state index is -0.229. The minimum Gasteiger partial charge on any atom is -0.383 e. The molecule has 202 valence electrons. The highest BCUT2D eigenvalue weighted by molar-refractivity contribution is 5.99. The van der Waals surface area contributed by atoms with Crippen LogP contribution in [0.2, 0.25) is 0 Å². The lowest BCUT2D eigenvalue weighted by Crippen LogP contribution is -2.41. The molecule has 0 aliphatic heterocycles. The van der Waals surface area contributed by atoms with Crippen molar-refractivity contribution in [1.29, 1.82) is 0 Å². The van der Waals surface area contributed by atoms with E-state index in [1.807, 2.05) is 13.2 Å². The third-order valence-electron chi connectivity index (χ3n) is 7.17. The van der Waals surface area contributed by atoms with Crippen LogP contribution < -0.4 is 11.1 Å². The number of anilines is 1. The molecule has 0 bridgehead atoms. The first-order valence-electron chi connectivity index (χ1n) is 13.4. The van der Waals surface area contributed by atoms with Crippen molar-refractivity contribution >= 4 is 11.7 Å². The van der Waals surface area contributed by atoms with E-state index in [4.69, 9.17) is 10.5 Å². The second kappa shape index (κ2) is 11.8. The molecule has 39 heavy (non-hydrogen) atoms. The summed E-state index contributed by atoms with van der Waals surface area (Å²) in [6, 6.07) is 18.9. The van der Waals surface area contributed by atoms with Gasteiger partial charge in [0, 0.05) is 37.1 Å². The van der Waals surface area contributed by atoms with Crippen molar-refractivity contribution in [3.8, 4) is 22.3 Å². The Morgan fingerprint density at radius 3 is 2.33 bits per heavy atom. The van der Waals surface area contributed by atoms with E-state index in [9.17, 15) is 4.79 Å². The third kappa shape index (κ3) is 6.53. The fourth-order valence-corrected chi connectivity index (χ4v) is 5.09. The number of carbonyl (C=O) groups excluding carboxylic acids is 1. The zero-order valence-corrected chi connectivity index (χ0v) is 22.8. The number of nitrogens with zero attached hydrogens (tertiary/aromatic N) is 4. The number of aryl methyl sites for hydroxylation is 1. The molecule has 1 aliphatic rings. The van der Waals surface area contributed by atoms with Gasteiger partial charge < -0.3 is 20.7 Å². The normalized spacial score (nSPS) is 17.0. The van der Waals surface area contributed by atoms with Gasteiger partial charge in [0.25, 0.3) is 5.91 Å². The van der Waals surface area contributed by atoms with Crippen molar-refractivity contribution in [2.24, 2.45) is 7.05 Å². The summed E-state index contributed by atoms with van der Waals surface area (Å²) in [5.74, 6) is -0.0183. The van der Waals surface area contributed by atoms with Gasteiger partial charge in [-0.25, -0.2) is 4.98 Å². The molecule has 0 saturated heterocycles. The number of nitrogens with one attached hydrogen (secondary N) is 1. The Labute approximate surface area is 229 Å². The number of benzene rings is 2. The van der Waals surface area contributed by atoms with Gasteiger partial charge in [-0.15, -0.1) is 0 Å². The second-order valence-corrected chi connectivity index (χ2v) is 10.6. The fourth-order valence-electron chi connectivity index (χ4n) is 5.09. The third-order valence-corrected chi connectivity index (χ3v) is 7.17. The molecule has 4 aromatic rings. The smallest absolute Gasteiger partial charge is 0.255 e. The molecule has 8 heteroatoms. The lowest BCUT2D eigenvalue weighted by Gasteiger charge is -2.22.